The second kappa shape index (κ2) is 6.56. The number of carbonyl (C=O) groups excluding carboxylic acids is 1. The number of aromatic amines is 1. The molecule has 0 aliphatic heterocycles. The van der Waals surface area contributed by atoms with Gasteiger partial charge < -0.3 is 20.4 Å². The van der Waals surface area contributed by atoms with Crippen LogP contribution in [0.1, 0.15) is 63.0 Å². The van der Waals surface area contributed by atoms with Crippen LogP contribution in [0.5, 0.6) is 0 Å². The summed E-state index contributed by atoms with van der Waals surface area (Å²) in [7, 11) is 0. The molecule has 0 aromatic carbocycles. The maximum absolute atomic E-state index is 12.5. The first-order valence-electron chi connectivity index (χ1n) is 8.04. The van der Waals surface area contributed by atoms with Gasteiger partial charge in [-0.25, -0.2) is 4.79 Å². The Morgan fingerprint density at radius 1 is 1.43 bits per heavy atom. The summed E-state index contributed by atoms with van der Waals surface area (Å²) in [6.07, 6.45) is 2.97. The van der Waals surface area contributed by atoms with Crippen LogP contribution >= 0.6 is 0 Å². The van der Waals surface area contributed by atoms with Crippen LogP contribution in [0.15, 0.2) is 10.9 Å². The highest BCUT2D eigenvalue weighted by molar-refractivity contribution is 6.04. The van der Waals surface area contributed by atoms with Crippen molar-refractivity contribution < 1.29 is 9.53 Å². The number of hydrogen-bond acceptors (Lipinski definition) is 5. The van der Waals surface area contributed by atoms with Crippen molar-refractivity contribution in [1.82, 2.24) is 4.98 Å². The first kappa shape index (κ1) is 17.2. The Morgan fingerprint density at radius 3 is 2.57 bits per heavy atom. The molecule has 3 N–H and O–H groups in total. The fraction of sp³-hybridized carbons (Fsp3) is 0.588. The third-order valence-corrected chi connectivity index (χ3v) is 3.81. The molecule has 6 nitrogen and oxygen atoms in total. The van der Waals surface area contributed by atoms with Crippen LogP contribution in [0.25, 0.3) is 0 Å². The first-order valence-corrected chi connectivity index (χ1v) is 8.04. The fourth-order valence-corrected chi connectivity index (χ4v) is 2.52. The number of esters is 1. The molecular weight excluding hydrogens is 294 g/mol. The molecule has 2 rings (SSSR count). The number of hydrogen-bond donors (Lipinski definition) is 3. The summed E-state index contributed by atoms with van der Waals surface area (Å²) in [6, 6.07) is 1.23. The van der Waals surface area contributed by atoms with Gasteiger partial charge in [0.05, 0.1) is 12.2 Å². The summed E-state index contributed by atoms with van der Waals surface area (Å²) < 4.78 is 4.96. The summed E-state index contributed by atoms with van der Waals surface area (Å²) in [5.41, 5.74) is 0.145. The molecular formula is C17H25N3O3. The molecule has 6 heteroatoms. The predicted octanol–water partition coefficient (Wildman–Crippen LogP) is 2.93. The van der Waals surface area contributed by atoms with E-state index in [1.807, 2.05) is 20.8 Å². The molecule has 23 heavy (non-hydrogen) atoms. The molecule has 1 saturated carbocycles. The Balaban J connectivity index is 2.48. The maximum Gasteiger partial charge on any atom is 0.354 e. The number of nitrogens with one attached hydrogen (secondary N) is 3. The van der Waals surface area contributed by atoms with Crippen molar-refractivity contribution >= 4 is 17.5 Å². The predicted molar refractivity (Wildman–Crippen MR) is 90.6 cm³/mol. The monoisotopic (exact) mass is 319 g/mol. The van der Waals surface area contributed by atoms with E-state index in [4.69, 9.17) is 10.1 Å². The highest BCUT2D eigenvalue weighted by Crippen LogP contribution is 2.31. The van der Waals surface area contributed by atoms with E-state index < -0.39 is 5.97 Å². The van der Waals surface area contributed by atoms with E-state index in [0.29, 0.717) is 17.1 Å². The van der Waals surface area contributed by atoms with E-state index in [2.05, 4.69) is 10.3 Å². The van der Waals surface area contributed by atoms with Crippen molar-refractivity contribution in [3.05, 3.63) is 27.5 Å². The second-order valence-electron chi connectivity index (χ2n) is 6.93. The number of carbonyl (C=O) groups is 1. The lowest BCUT2D eigenvalue weighted by atomic mass is 9.79. The summed E-state index contributed by atoms with van der Waals surface area (Å²) in [4.78, 5) is 27.4. The first-order chi connectivity index (χ1) is 10.7. The number of aromatic nitrogens is 1. The quantitative estimate of drug-likeness (QED) is 0.574. The molecule has 0 atom stereocenters. The standard InChI is InChI=1S/C17H25N3O3/c1-5-23-16(22)11-9-12(21)13(14(18)10-7-6-8-10)15(19-11)20-17(2,3)4/h9-10,18H,5-8H2,1-4H3,(H2,19,20,21). The minimum absolute atomic E-state index is 0.105. The van der Waals surface area contributed by atoms with Gasteiger partial charge in [-0.05, 0) is 40.5 Å². The van der Waals surface area contributed by atoms with E-state index in [9.17, 15) is 9.59 Å². The minimum Gasteiger partial charge on any atom is -0.461 e. The van der Waals surface area contributed by atoms with Crippen LogP contribution in [0.2, 0.25) is 0 Å². The number of rotatable bonds is 5. The Kier molecular flexibility index (Phi) is 4.92. The molecule has 1 aromatic heterocycles. The molecule has 126 valence electrons. The van der Waals surface area contributed by atoms with Crippen molar-refractivity contribution in [3.63, 3.8) is 0 Å². The smallest absolute Gasteiger partial charge is 0.354 e. The lowest BCUT2D eigenvalue weighted by Crippen LogP contribution is -2.34. The zero-order valence-electron chi connectivity index (χ0n) is 14.2. The Bertz CT molecular complexity index is 667. The zero-order valence-corrected chi connectivity index (χ0v) is 14.2. The SMILES string of the molecule is CCOC(=O)c1cc(=O)c(C(=N)C2CCC2)c(NC(C)(C)C)[nH]1. The third kappa shape index (κ3) is 4.00. The topological polar surface area (TPSA) is 95.0 Å². The molecule has 0 bridgehead atoms. The van der Waals surface area contributed by atoms with Crippen LogP contribution in [0.4, 0.5) is 5.82 Å². The van der Waals surface area contributed by atoms with Crippen LogP contribution in [-0.4, -0.2) is 28.8 Å². The molecule has 0 saturated heterocycles. The van der Waals surface area contributed by atoms with Crippen LogP contribution in [-0.2, 0) is 4.74 Å². The molecule has 1 aliphatic carbocycles. The molecule has 0 unspecified atom stereocenters. The van der Waals surface area contributed by atoms with Gasteiger partial charge in [0.1, 0.15) is 11.5 Å². The van der Waals surface area contributed by atoms with Crippen molar-refractivity contribution in [3.8, 4) is 0 Å². The fourth-order valence-electron chi connectivity index (χ4n) is 2.52. The Hall–Kier alpha value is -2.11. The van der Waals surface area contributed by atoms with E-state index in [1.54, 1.807) is 6.92 Å². The lowest BCUT2D eigenvalue weighted by molar-refractivity contribution is 0.0519. The minimum atomic E-state index is -0.566. The van der Waals surface area contributed by atoms with Gasteiger partial charge in [-0.15, -0.1) is 0 Å². The van der Waals surface area contributed by atoms with Crippen LogP contribution in [0.3, 0.4) is 0 Å². The highest BCUT2D eigenvalue weighted by Gasteiger charge is 2.28. The number of ether oxygens (including phenoxy) is 1. The summed E-state index contributed by atoms with van der Waals surface area (Å²) in [5.74, 6) is -0.0155. The van der Waals surface area contributed by atoms with Gasteiger partial charge in [-0.2, -0.15) is 0 Å². The second-order valence-corrected chi connectivity index (χ2v) is 6.93. The molecule has 1 aliphatic rings. The number of H-pyrrole nitrogens is 1. The van der Waals surface area contributed by atoms with Crippen molar-refractivity contribution in [2.75, 3.05) is 11.9 Å². The Morgan fingerprint density at radius 2 is 2.09 bits per heavy atom. The molecule has 1 heterocycles. The van der Waals surface area contributed by atoms with Gasteiger partial charge in [-0.1, -0.05) is 6.42 Å². The Labute approximate surface area is 136 Å². The highest BCUT2D eigenvalue weighted by atomic mass is 16.5. The van der Waals surface area contributed by atoms with Crippen molar-refractivity contribution in [2.45, 2.75) is 52.5 Å². The largest absolute Gasteiger partial charge is 0.461 e. The van der Waals surface area contributed by atoms with Gasteiger partial charge in [0, 0.05) is 23.2 Å². The van der Waals surface area contributed by atoms with Gasteiger partial charge in [0.25, 0.3) is 0 Å². The molecule has 0 amide bonds. The number of pyridine rings is 1. The summed E-state index contributed by atoms with van der Waals surface area (Å²) in [6.45, 7) is 7.82. The van der Waals surface area contributed by atoms with Crippen molar-refractivity contribution in [2.24, 2.45) is 5.92 Å². The third-order valence-electron chi connectivity index (χ3n) is 3.81. The summed E-state index contributed by atoms with van der Waals surface area (Å²) in [5, 5.41) is 11.6. The van der Waals surface area contributed by atoms with E-state index in [1.165, 1.54) is 6.07 Å². The van der Waals surface area contributed by atoms with Crippen LogP contribution < -0.4 is 10.7 Å². The van der Waals surface area contributed by atoms with Gasteiger partial charge in [0.2, 0.25) is 0 Å². The lowest BCUT2D eigenvalue weighted by Gasteiger charge is -2.29. The average molecular weight is 319 g/mol. The average Bonchev–Trinajstić information content (AvgIpc) is 2.34. The molecule has 1 fully saturated rings. The van der Waals surface area contributed by atoms with Gasteiger partial charge in [0.15, 0.2) is 5.43 Å². The van der Waals surface area contributed by atoms with E-state index >= 15 is 0 Å². The van der Waals surface area contributed by atoms with Crippen molar-refractivity contribution in [1.29, 1.82) is 5.41 Å². The molecule has 0 spiro atoms. The molecule has 0 radical (unpaired) electrons. The maximum atomic E-state index is 12.5. The normalized spacial score (nSPS) is 15.0. The van der Waals surface area contributed by atoms with E-state index in [-0.39, 0.29) is 29.2 Å². The number of anilines is 1. The van der Waals surface area contributed by atoms with E-state index in [0.717, 1.165) is 19.3 Å². The van der Waals surface area contributed by atoms with Gasteiger partial charge >= 0.3 is 5.97 Å². The van der Waals surface area contributed by atoms with Crippen LogP contribution in [0, 0.1) is 11.3 Å². The summed E-state index contributed by atoms with van der Waals surface area (Å²) >= 11 is 0. The molecule has 1 aromatic rings. The van der Waals surface area contributed by atoms with Gasteiger partial charge in [-0.3, -0.25) is 4.79 Å². The zero-order chi connectivity index (χ0) is 17.2.